The number of rotatable bonds is 2. The summed E-state index contributed by atoms with van der Waals surface area (Å²) in [5.41, 5.74) is 7.10. The number of anilines is 1. The molecule has 2 aromatic rings. The molecule has 1 aromatic carbocycles. The predicted molar refractivity (Wildman–Crippen MR) is 66.9 cm³/mol. The van der Waals surface area contributed by atoms with Gasteiger partial charge in [-0.25, -0.2) is 9.07 Å². The van der Waals surface area contributed by atoms with Crippen LogP contribution in [0.15, 0.2) is 18.2 Å². The lowest BCUT2D eigenvalue weighted by molar-refractivity contribution is 0.620. The van der Waals surface area contributed by atoms with Crippen molar-refractivity contribution >= 4 is 29.0 Å². The molecule has 0 atom stereocenters. The van der Waals surface area contributed by atoms with Gasteiger partial charge in [0, 0.05) is 5.02 Å². The Kier molecular flexibility index (Phi) is 3.26. The second-order valence-corrected chi connectivity index (χ2v) is 4.53. The molecule has 0 saturated carbocycles. The van der Waals surface area contributed by atoms with E-state index in [2.05, 4.69) is 5.10 Å². The number of hydrogen-bond donors (Lipinski definition) is 1. The summed E-state index contributed by atoms with van der Waals surface area (Å²) in [4.78, 5) is 0. The van der Waals surface area contributed by atoms with Crippen molar-refractivity contribution in [2.75, 3.05) is 5.73 Å². The molecule has 0 aliphatic rings. The molecule has 17 heavy (non-hydrogen) atoms. The van der Waals surface area contributed by atoms with Crippen molar-refractivity contribution in [1.82, 2.24) is 9.78 Å². The molecule has 6 heteroatoms. The van der Waals surface area contributed by atoms with Crippen LogP contribution in [0.4, 0.5) is 10.2 Å². The molecule has 0 radical (unpaired) electrons. The molecule has 0 unspecified atom stereocenters. The maximum absolute atomic E-state index is 13.1. The number of nitrogens with zero attached hydrogens (tertiary/aromatic N) is 2. The van der Waals surface area contributed by atoms with Crippen molar-refractivity contribution in [2.24, 2.45) is 0 Å². The second kappa shape index (κ2) is 4.55. The van der Waals surface area contributed by atoms with Gasteiger partial charge in [0.1, 0.15) is 16.7 Å². The largest absolute Gasteiger partial charge is 0.383 e. The first kappa shape index (κ1) is 12.2. The Morgan fingerprint density at radius 1 is 1.35 bits per heavy atom. The Balaban J connectivity index is 2.34. The van der Waals surface area contributed by atoms with Crippen LogP contribution in [0.3, 0.4) is 0 Å². The van der Waals surface area contributed by atoms with Crippen LogP contribution < -0.4 is 5.73 Å². The minimum absolute atomic E-state index is 0.330. The van der Waals surface area contributed by atoms with E-state index in [0.717, 1.165) is 0 Å². The normalized spacial score (nSPS) is 10.8. The Bertz CT molecular complexity index is 546. The van der Waals surface area contributed by atoms with Crippen molar-refractivity contribution in [3.8, 4) is 0 Å². The summed E-state index contributed by atoms with van der Waals surface area (Å²) in [5.74, 6) is -0.0226. The summed E-state index contributed by atoms with van der Waals surface area (Å²) >= 11 is 11.7. The lowest BCUT2D eigenvalue weighted by Gasteiger charge is -2.05. The van der Waals surface area contributed by atoms with Gasteiger partial charge in [0.15, 0.2) is 0 Å². The van der Waals surface area contributed by atoms with E-state index in [1.807, 2.05) is 0 Å². The molecule has 0 bridgehead atoms. The summed E-state index contributed by atoms with van der Waals surface area (Å²) < 4.78 is 14.7. The van der Waals surface area contributed by atoms with Crippen LogP contribution in [0, 0.1) is 12.7 Å². The highest BCUT2D eigenvalue weighted by molar-refractivity contribution is 6.33. The van der Waals surface area contributed by atoms with E-state index in [4.69, 9.17) is 28.9 Å². The average Bonchev–Trinajstić information content (AvgIpc) is 2.45. The minimum Gasteiger partial charge on any atom is -0.383 e. The van der Waals surface area contributed by atoms with Gasteiger partial charge in [-0.3, -0.25) is 0 Å². The van der Waals surface area contributed by atoms with Crippen molar-refractivity contribution < 1.29 is 4.39 Å². The van der Waals surface area contributed by atoms with Crippen molar-refractivity contribution in [3.63, 3.8) is 0 Å². The number of nitrogen functional groups attached to an aromatic ring is 1. The Hall–Kier alpha value is -1.26. The molecule has 1 heterocycles. The standard InChI is InChI=1S/C11H10Cl2FN3/c1-6-10(13)11(15)17(16-6)5-7-2-8(12)4-9(14)3-7/h2-4H,5,15H2,1H3. The third kappa shape index (κ3) is 2.53. The van der Waals surface area contributed by atoms with Crippen molar-refractivity contribution in [2.45, 2.75) is 13.5 Å². The van der Waals surface area contributed by atoms with E-state index >= 15 is 0 Å². The first-order chi connectivity index (χ1) is 7.97. The second-order valence-electron chi connectivity index (χ2n) is 3.72. The minimum atomic E-state index is -0.388. The van der Waals surface area contributed by atoms with Crippen LogP contribution >= 0.6 is 23.2 Å². The molecule has 1 aromatic heterocycles. The number of halogens is 3. The van der Waals surface area contributed by atoms with E-state index in [1.165, 1.54) is 16.8 Å². The van der Waals surface area contributed by atoms with Gasteiger partial charge in [-0.15, -0.1) is 0 Å². The molecule has 90 valence electrons. The quantitative estimate of drug-likeness (QED) is 0.913. The van der Waals surface area contributed by atoms with E-state index in [1.54, 1.807) is 13.0 Å². The molecule has 0 aliphatic carbocycles. The summed E-state index contributed by atoms with van der Waals surface area (Å²) in [6.07, 6.45) is 0. The highest BCUT2D eigenvalue weighted by Crippen LogP contribution is 2.23. The van der Waals surface area contributed by atoms with E-state index in [-0.39, 0.29) is 5.82 Å². The molecule has 0 aliphatic heterocycles. The maximum Gasteiger partial charge on any atom is 0.141 e. The molecule has 0 spiro atoms. The highest BCUT2D eigenvalue weighted by Gasteiger charge is 2.10. The van der Waals surface area contributed by atoms with Gasteiger partial charge in [-0.1, -0.05) is 23.2 Å². The average molecular weight is 274 g/mol. The van der Waals surface area contributed by atoms with Crippen LogP contribution in [-0.4, -0.2) is 9.78 Å². The summed E-state index contributed by atoms with van der Waals surface area (Å²) in [7, 11) is 0. The van der Waals surface area contributed by atoms with Crippen LogP contribution in [0.1, 0.15) is 11.3 Å². The lowest BCUT2D eigenvalue weighted by atomic mass is 10.2. The Morgan fingerprint density at radius 3 is 2.59 bits per heavy atom. The van der Waals surface area contributed by atoms with Crippen LogP contribution in [0.5, 0.6) is 0 Å². The third-order valence-corrected chi connectivity index (χ3v) is 3.03. The predicted octanol–water partition coefficient (Wildman–Crippen LogP) is 3.27. The smallest absolute Gasteiger partial charge is 0.141 e. The lowest BCUT2D eigenvalue weighted by Crippen LogP contribution is -2.06. The van der Waals surface area contributed by atoms with Crippen molar-refractivity contribution in [1.29, 1.82) is 0 Å². The number of aryl methyl sites for hydroxylation is 1. The summed E-state index contributed by atoms with van der Waals surface area (Å²) in [6.45, 7) is 2.09. The first-order valence-corrected chi connectivity index (χ1v) is 5.66. The monoisotopic (exact) mass is 273 g/mol. The zero-order chi connectivity index (χ0) is 12.6. The maximum atomic E-state index is 13.1. The Labute approximate surface area is 108 Å². The van der Waals surface area contributed by atoms with Gasteiger partial charge in [0.25, 0.3) is 0 Å². The van der Waals surface area contributed by atoms with E-state index in [9.17, 15) is 4.39 Å². The molecule has 0 fully saturated rings. The van der Waals surface area contributed by atoms with Crippen LogP contribution in [-0.2, 0) is 6.54 Å². The van der Waals surface area contributed by atoms with Gasteiger partial charge in [0.05, 0.1) is 12.2 Å². The summed E-state index contributed by atoms with van der Waals surface area (Å²) in [5, 5.41) is 4.92. The van der Waals surface area contributed by atoms with Gasteiger partial charge < -0.3 is 5.73 Å². The van der Waals surface area contributed by atoms with E-state index in [0.29, 0.717) is 33.7 Å². The van der Waals surface area contributed by atoms with E-state index < -0.39 is 0 Å². The number of aromatic nitrogens is 2. The molecule has 3 nitrogen and oxygen atoms in total. The topological polar surface area (TPSA) is 43.8 Å². The zero-order valence-corrected chi connectivity index (χ0v) is 10.6. The van der Waals surface area contributed by atoms with Crippen LogP contribution in [0.25, 0.3) is 0 Å². The van der Waals surface area contributed by atoms with Gasteiger partial charge in [0.2, 0.25) is 0 Å². The van der Waals surface area contributed by atoms with Crippen molar-refractivity contribution in [3.05, 3.63) is 45.3 Å². The van der Waals surface area contributed by atoms with Gasteiger partial charge >= 0.3 is 0 Å². The fourth-order valence-corrected chi connectivity index (χ4v) is 1.95. The third-order valence-electron chi connectivity index (χ3n) is 2.35. The summed E-state index contributed by atoms with van der Waals surface area (Å²) in [6, 6.07) is 4.29. The first-order valence-electron chi connectivity index (χ1n) is 4.90. The molecule has 2 N–H and O–H groups in total. The molecular formula is C11H10Cl2FN3. The Morgan fingerprint density at radius 2 is 2.06 bits per heavy atom. The number of nitrogens with two attached hydrogens (primary N) is 1. The number of benzene rings is 1. The molecule has 0 amide bonds. The fraction of sp³-hybridized carbons (Fsp3) is 0.182. The zero-order valence-electron chi connectivity index (χ0n) is 9.04. The fourth-order valence-electron chi connectivity index (χ4n) is 1.57. The SMILES string of the molecule is Cc1nn(Cc2cc(F)cc(Cl)c2)c(N)c1Cl. The number of hydrogen-bond acceptors (Lipinski definition) is 2. The molecular weight excluding hydrogens is 264 g/mol. The highest BCUT2D eigenvalue weighted by atomic mass is 35.5. The molecule has 0 saturated heterocycles. The van der Waals surface area contributed by atoms with Crippen LogP contribution in [0.2, 0.25) is 10.0 Å². The van der Waals surface area contributed by atoms with Gasteiger partial charge in [-0.2, -0.15) is 5.10 Å². The molecule has 2 rings (SSSR count). The van der Waals surface area contributed by atoms with Gasteiger partial charge in [-0.05, 0) is 30.7 Å².